The fourth-order valence-electron chi connectivity index (χ4n) is 5.18. The van der Waals surface area contributed by atoms with Gasteiger partial charge in [-0.3, -0.25) is 9.69 Å². The molecule has 3 aliphatic rings. The molecule has 1 aromatic carbocycles. The Bertz CT molecular complexity index is 987. The van der Waals surface area contributed by atoms with Gasteiger partial charge in [0, 0.05) is 50.8 Å². The van der Waals surface area contributed by atoms with Gasteiger partial charge in [0.2, 0.25) is 11.8 Å². The highest BCUT2D eigenvalue weighted by Gasteiger charge is 2.24. The van der Waals surface area contributed by atoms with Crippen LogP contribution in [0.25, 0.3) is 0 Å². The Balaban J connectivity index is 1.04. The second kappa shape index (κ2) is 10.1. The minimum absolute atomic E-state index is 0.0250. The lowest BCUT2D eigenvalue weighted by molar-refractivity contribution is -0.116. The molecule has 2 aliphatic heterocycles. The van der Waals surface area contributed by atoms with Crippen LogP contribution >= 0.6 is 0 Å². The fourth-order valence-corrected chi connectivity index (χ4v) is 5.18. The molecule has 7 heteroatoms. The van der Waals surface area contributed by atoms with Gasteiger partial charge < -0.3 is 20.1 Å². The molecular weight excluding hydrogens is 416 g/mol. The standard InChI is InChI=1S/C26H34N4O3/c31-21-9-6-19-4-3-5-23(22(19)18-21)30-15-13-29(14-16-30)12-1-2-17-33-25-11-8-20-7-10-24(32)27-26(20)28-25/h3-5,8,11,21,31H,1-2,6-7,9-10,12-18H2,(H,27,28,32). The van der Waals surface area contributed by atoms with Gasteiger partial charge >= 0.3 is 0 Å². The van der Waals surface area contributed by atoms with Crippen LogP contribution in [-0.4, -0.2) is 66.3 Å². The molecule has 1 amide bonds. The number of unbranched alkanes of at least 4 members (excludes halogenated alkanes) is 1. The minimum atomic E-state index is -0.197. The Labute approximate surface area is 195 Å². The van der Waals surface area contributed by atoms with E-state index in [9.17, 15) is 9.90 Å². The van der Waals surface area contributed by atoms with Gasteiger partial charge in [0.25, 0.3) is 0 Å². The average molecular weight is 451 g/mol. The third-order valence-electron chi connectivity index (χ3n) is 7.10. The van der Waals surface area contributed by atoms with E-state index in [1.807, 2.05) is 12.1 Å². The summed E-state index contributed by atoms with van der Waals surface area (Å²) in [7, 11) is 0. The largest absolute Gasteiger partial charge is 0.478 e. The highest BCUT2D eigenvalue weighted by Crippen LogP contribution is 2.31. The summed E-state index contributed by atoms with van der Waals surface area (Å²) < 4.78 is 5.82. The first kappa shape index (κ1) is 22.2. The van der Waals surface area contributed by atoms with Crippen LogP contribution < -0.4 is 15.0 Å². The van der Waals surface area contributed by atoms with Crippen LogP contribution in [0.1, 0.15) is 42.4 Å². The molecule has 176 valence electrons. The number of carbonyl (C=O) groups is 1. The number of aliphatic hydroxyl groups excluding tert-OH is 1. The van der Waals surface area contributed by atoms with E-state index in [0.717, 1.165) is 76.8 Å². The molecule has 1 saturated heterocycles. The zero-order valence-electron chi connectivity index (χ0n) is 19.3. The van der Waals surface area contributed by atoms with Gasteiger partial charge in [-0.15, -0.1) is 0 Å². The number of anilines is 2. The van der Waals surface area contributed by atoms with Crippen LogP contribution in [0.5, 0.6) is 5.88 Å². The number of carbonyl (C=O) groups excluding carboxylic acids is 1. The van der Waals surface area contributed by atoms with E-state index in [1.54, 1.807) is 0 Å². The topological polar surface area (TPSA) is 77.9 Å². The number of nitrogens with zero attached hydrogens (tertiary/aromatic N) is 3. The maximum atomic E-state index is 11.6. The maximum absolute atomic E-state index is 11.6. The van der Waals surface area contributed by atoms with E-state index >= 15 is 0 Å². The summed E-state index contributed by atoms with van der Waals surface area (Å²) in [5.41, 5.74) is 5.18. The van der Waals surface area contributed by atoms with Crippen LogP contribution in [0.2, 0.25) is 0 Å². The molecule has 1 aromatic heterocycles. The van der Waals surface area contributed by atoms with Crippen LogP contribution in [0.4, 0.5) is 11.5 Å². The van der Waals surface area contributed by atoms with Gasteiger partial charge in [-0.25, -0.2) is 0 Å². The molecule has 3 heterocycles. The van der Waals surface area contributed by atoms with Gasteiger partial charge in [0.1, 0.15) is 5.82 Å². The predicted octanol–water partition coefficient (Wildman–Crippen LogP) is 2.80. The van der Waals surface area contributed by atoms with Crippen molar-refractivity contribution >= 4 is 17.4 Å². The van der Waals surface area contributed by atoms with E-state index in [2.05, 4.69) is 38.3 Å². The van der Waals surface area contributed by atoms with Gasteiger partial charge in [0.05, 0.1) is 12.7 Å². The van der Waals surface area contributed by atoms with Crippen molar-refractivity contribution < 1.29 is 14.6 Å². The molecule has 0 radical (unpaired) electrons. The maximum Gasteiger partial charge on any atom is 0.225 e. The first-order valence-corrected chi connectivity index (χ1v) is 12.3. The number of ether oxygens (including phenoxy) is 1. The van der Waals surface area contributed by atoms with Crippen molar-refractivity contribution in [3.8, 4) is 5.88 Å². The Hall–Kier alpha value is -2.64. The van der Waals surface area contributed by atoms with E-state index in [1.165, 1.54) is 16.8 Å². The average Bonchev–Trinajstić information content (AvgIpc) is 2.83. The highest BCUT2D eigenvalue weighted by molar-refractivity contribution is 5.92. The zero-order chi connectivity index (χ0) is 22.6. The summed E-state index contributed by atoms with van der Waals surface area (Å²) in [5, 5.41) is 13.0. The summed E-state index contributed by atoms with van der Waals surface area (Å²) in [6.07, 6.45) is 5.81. The number of piperazine rings is 1. The summed E-state index contributed by atoms with van der Waals surface area (Å²) in [6.45, 7) is 5.93. The summed E-state index contributed by atoms with van der Waals surface area (Å²) in [5.74, 6) is 1.26. The number of aryl methyl sites for hydroxylation is 2. The van der Waals surface area contributed by atoms with E-state index < -0.39 is 0 Å². The molecule has 2 aromatic rings. The second-order valence-electron chi connectivity index (χ2n) is 9.40. The summed E-state index contributed by atoms with van der Waals surface area (Å²) in [6, 6.07) is 10.5. The molecule has 7 nitrogen and oxygen atoms in total. The molecule has 1 atom stereocenters. The van der Waals surface area contributed by atoms with Crippen LogP contribution in [0, 0.1) is 0 Å². The van der Waals surface area contributed by atoms with Crippen LogP contribution in [0.15, 0.2) is 30.3 Å². The third-order valence-corrected chi connectivity index (χ3v) is 7.10. The van der Waals surface area contributed by atoms with Crippen molar-refractivity contribution in [2.75, 3.05) is 49.5 Å². The lowest BCUT2D eigenvalue weighted by Gasteiger charge is -2.38. The molecule has 33 heavy (non-hydrogen) atoms. The first-order chi connectivity index (χ1) is 16.2. The number of hydrogen-bond donors (Lipinski definition) is 2. The van der Waals surface area contributed by atoms with Gasteiger partial charge in [-0.2, -0.15) is 4.98 Å². The Morgan fingerprint density at radius 3 is 2.79 bits per heavy atom. The predicted molar refractivity (Wildman–Crippen MR) is 129 cm³/mol. The Morgan fingerprint density at radius 2 is 1.91 bits per heavy atom. The first-order valence-electron chi connectivity index (χ1n) is 12.3. The molecule has 0 bridgehead atoms. The van der Waals surface area contributed by atoms with E-state index in [4.69, 9.17) is 4.74 Å². The monoisotopic (exact) mass is 450 g/mol. The number of aliphatic hydroxyl groups is 1. The normalized spacial score (nSPS) is 20.7. The van der Waals surface area contributed by atoms with Crippen molar-refractivity contribution in [2.45, 2.75) is 51.0 Å². The lowest BCUT2D eigenvalue weighted by Crippen LogP contribution is -2.47. The number of amides is 1. The zero-order valence-corrected chi connectivity index (χ0v) is 19.3. The summed E-state index contributed by atoms with van der Waals surface area (Å²) >= 11 is 0. The van der Waals surface area contributed by atoms with E-state index in [0.29, 0.717) is 24.7 Å². The molecule has 2 N–H and O–H groups in total. The highest BCUT2D eigenvalue weighted by atomic mass is 16.5. The van der Waals surface area contributed by atoms with Crippen molar-refractivity contribution in [1.29, 1.82) is 0 Å². The number of hydrogen-bond acceptors (Lipinski definition) is 6. The molecular formula is C26H34N4O3. The molecule has 0 spiro atoms. The molecule has 0 saturated carbocycles. The van der Waals surface area contributed by atoms with Crippen molar-refractivity contribution in [2.24, 2.45) is 0 Å². The molecule has 1 fully saturated rings. The Morgan fingerprint density at radius 1 is 1.03 bits per heavy atom. The minimum Gasteiger partial charge on any atom is -0.478 e. The van der Waals surface area contributed by atoms with Crippen LogP contribution in [0.3, 0.4) is 0 Å². The second-order valence-corrected chi connectivity index (χ2v) is 9.40. The van der Waals surface area contributed by atoms with Gasteiger partial charge in [-0.05, 0) is 67.5 Å². The van der Waals surface area contributed by atoms with E-state index in [-0.39, 0.29) is 12.0 Å². The Kier molecular flexibility index (Phi) is 6.78. The quantitative estimate of drug-likeness (QED) is 0.632. The number of rotatable bonds is 7. The van der Waals surface area contributed by atoms with Gasteiger partial charge in [0.15, 0.2) is 0 Å². The third kappa shape index (κ3) is 5.31. The van der Waals surface area contributed by atoms with Gasteiger partial charge in [-0.1, -0.05) is 12.1 Å². The number of nitrogens with one attached hydrogen (secondary N) is 1. The molecule has 5 rings (SSSR count). The number of pyridine rings is 1. The number of aromatic nitrogens is 1. The summed E-state index contributed by atoms with van der Waals surface area (Å²) in [4.78, 5) is 21.0. The SMILES string of the molecule is O=C1CCc2ccc(OCCCCN3CCN(c4cccc5c4CC(O)CC5)CC3)nc2N1. The van der Waals surface area contributed by atoms with Crippen LogP contribution in [-0.2, 0) is 24.1 Å². The smallest absolute Gasteiger partial charge is 0.225 e. The number of fused-ring (bicyclic) bond motifs is 2. The van der Waals surface area contributed by atoms with Crippen molar-refractivity contribution in [3.05, 3.63) is 47.0 Å². The van der Waals surface area contributed by atoms with Crippen molar-refractivity contribution in [3.63, 3.8) is 0 Å². The molecule has 1 unspecified atom stereocenters. The lowest BCUT2D eigenvalue weighted by atomic mass is 9.88. The molecule has 1 aliphatic carbocycles. The van der Waals surface area contributed by atoms with Crippen molar-refractivity contribution in [1.82, 2.24) is 9.88 Å². The fraction of sp³-hybridized carbons (Fsp3) is 0.538. The number of benzene rings is 1.